The Bertz CT molecular complexity index is 1890. The summed E-state index contributed by atoms with van der Waals surface area (Å²) in [6.07, 6.45) is 6.86. The number of allylic oxidation sites excluding steroid dienone is 1. The molecule has 0 unspecified atom stereocenters. The van der Waals surface area contributed by atoms with Gasteiger partial charge in [0.25, 0.3) is 11.5 Å². The van der Waals surface area contributed by atoms with Gasteiger partial charge in [-0.2, -0.15) is 0 Å². The van der Waals surface area contributed by atoms with E-state index in [0.29, 0.717) is 58.9 Å². The minimum atomic E-state index is -0.356. The number of fused-ring (bicyclic) bond motifs is 3. The predicted molar refractivity (Wildman–Crippen MR) is 192 cm³/mol. The maximum atomic E-state index is 13.9. The highest BCUT2D eigenvalue weighted by Gasteiger charge is 2.38. The molecule has 1 aliphatic carbocycles. The summed E-state index contributed by atoms with van der Waals surface area (Å²) < 4.78 is 9.01. The van der Waals surface area contributed by atoms with E-state index in [4.69, 9.17) is 4.74 Å². The van der Waals surface area contributed by atoms with Crippen LogP contribution < -0.4 is 15.8 Å². The fourth-order valence-electron chi connectivity index (χ4n) is 7.61. The van der Waals surface area contributed by atoms with Crippen molar-refractivity contribution >= 4 is 34.5 Å². The lowest BCUT2D eigenvalue weighted by Crippen LogP contribution is -2.56. The van der Waals surface area contributed by atoms with Gasteiger partial charge in [-0.05, 0) is 66.1 Å². The van der Waals surface area contributed by atoms with Crippen LogP contribution in [0.25, 0.3) is 5.57 Å². The number of hydrogen-bond donors (Lipinski definition) is 2. The number of pyridine rings is 2. The van der Waals surface area contributed by atoms with E-state index >= 15 is 0 Å². The molecule has 12 heteroatoms. The molecule has 1 amide bonds. The summed E-state index contributed by atoms with van der Waals surface area (Å²) in [5.41, 5.74) is 6.38. The van der Waals surface area contributed by atoms with Gasteiger partial charge in [0.05, 0.1) is 37.7 Å². The average Bonchev–Trinajstić information content (AvgIpc) is 3.55. The normalized spacial score (nSPS) is 20.1. The van der Waals surface area contributed by atoms with Crippen LogP contribution in [0.2, 0.25) is 0 Å². The van der Waals surface area contributed by atoms with Crippen molar-refractivity contribution in [3.63, 3.8) is 0 Å². The molecule has 2 saturated heterocycles. The molecule has 2 N–H and O–H groups in total. The molecule has 0 saturated carbocycles. The Kier molecular flexibility index (Phi) is 8.80. The summed E-state index contributed by atoms with van der Waals surface area (Å²) >= 11 is 0. The Balaban J connectivity index is 1.11. The van der Waals surface area contributed by atoms with Gasteiger partial charge in [-0.25, -0.2) is 9.98 Å². The van der Waals surface area contributed by atoms with Crippen molar-refractivity contribution in [1.29, 1.82) is 0 Å². The highest BCUT2D eigenvalue weighted by Crippen LogP contribution is 2.39. The van der Waals surface area contributed by atoms with E-state index in [1.54, 1.807) is 24.2 Å². The quantitative estimate of drug-likeness (QED) is 0.277. The third kappa shape index (κ3) is 6.24. The van der Waals surface area contributed by atoms with Gasteiger partial charge < -0.3 is 29.2 Å². The van der Waals surface area contributed by atoms with Crippen molar-refractivity contribution in [3.05, 3.63) is 87.9 Å². The van der Waals surface area contributed by atoms with Gasteiger partial charge >= 0.3 is 0 Å². The highest BCUT2D eigenvalue weighted by atomic mass is 16.5. The number of hydrogen-bond acceptors (Lipinski definition) is 9. The van der Waals surface area contributed by atoms with Crippen LogP contribution in [-0.4, -0.2) is 99.4 Å². The summed E-state index contributed by atoms with van der Waals surface area (Å²) in [5, 5.41) is 13.9. The van der Waals surface area contributed by atoms with E-state index in [1.807, 2.05) is 31.3 Å². The number of piperazine rings is 1. The zero-order chi connectivity index (χ0) is 34.4. The van der Waals surface area contributed by atoms with Crippen molar-refractivity contribution in [3.8, 4) is 0 Å². The molecular weight excluding hydrogens is 620 g/mol. The Labute approximate surface area is 287 Å². The molecule has 0 radical (unpaired) electrons. The van der Waals surface area contributed by atoms with Crippen LogP contribution in [0.5, 0.6) is 0 Å². The molecule has 3 aromatic rings. The molecule has 0 spiro atoms. The third-order valence-corrected chi connectivity index (χ3v) is 10.4. The number of anilines is 3. The minimum absolute atomic E-state index is 0.148. The van der Waals surface area contributed by atoms with E-state index in [2.05, 4.69) is 50.1 Å². The molecule has 4 aliphatic rings. The zero-order valence-electron chi connectivity index (χ0n) is 28.9. The van der Waals surface area contributed by atoms with Crippen molar-refractivity contribution in [1.82, 2.24) is 23.9 Å². The van der Waals surface area contributed by atoms with Gasteiger partial charge in [-0.1, -0.05) is 20.4 Å². The first-order chi connectivity index (χ1) is 23.6. The van der Waals surface area contributed by atoms with Gasteiger partial charge in [0.15, 0.2) is 0 Å². The number of aliphatic imine (C=N–C) groups is 1. The number of rotatable bonds is 8. The molecule has 0 bridgehead atoms. The van der Waals surface area contributed by atoms with Crippen LogP contribution in [0.4, 0.5) is 17.2 Å². The molecule has 7 rings (SSSR count). The van der Waals surface area contributed by atoms with Crippen molar-refractivity contribution in [2.24, 2.45) is 17.5 Å². The van der Waals surface area contributed by atoms with Crippen LogP contribution >= 0.6 is 0 Å². The first-order valence-corrected chi connectivity index (χ1v) is 17.1. The molecule has 258 valence electrons. The Morgan fingerprint density at radius 3 is 2.55 bits per heavy atom. The first-order valence-electron chi connectivity index (χ1n) is 17.1. The van der Waals surface area contributed by atoms with E-state index < -0.39 is 0 Å². The molecule has 3 aliphatic heterocycles. The number of carbonyl (C=O) groups is 1. The monoisotopic (exact) mass is 666 g/mol. The number of nitrogens with one attached hydrogen (secondary N) is 1. The molecule has 49 heavy (non-hydrogen) atoms. The fourth-order valence-corrected chi connectivity index (χ4v) is 7.61. The topological polar surface area (TPSA) is 120 Å². The van der Waals surface area contributed by atoms with Crippen LogP contribution in [-0.2, 0) is 31.2 Å². The van der Waals surface area contributed by atoms with Gasteiger partial charge in [-0.15, -0.1) is 0 Å². The molecular formula is C37H46N8O4. The zero-order valence-corrected chi connectivity index (χ0v) is 28.9. The summed E-state index contributed by atoms with van der Waals surface area (Å²) in [6, 6.07) is 8.25. The molecule has 0 atom stereocenters. The highest BCUT2D eigenvalue weighted by molar-refractivity contribution is 6.15. The molecule has 12 nitrogen and oxygen atoms in total. The van der Waals surface area contributed by atoms with Crippen molar-refractivity contribution in [2.75, 3.05) is 62.8 Å². The van der Waals surface area contributed by atoms with Crippen LogP contribution in [0, 0.1) is 5.41 Å². The number of nitrogens with zero attached hydrogens (tertiary/aromatic N) is 7. The summed E-state index contributed by atoms with van der Waals surface area (Å²) in [4.78, 5) is 42.8. The average molecular weight is 667 g/mol. The second-order valence-electron chi connectivity index (χ2n) is 14.3. The molecule has 3 aromatic heterocycles. The van der Waals surface area contributed by atoms with E-state index in [1.165, 1.54) is 22.0 Å². The number of aliphatic hydroxyl groups is 1. The smallest absolute Gasteiger partial charge is 0.276 e. The van der Waals surface area contributed by atoms with Crippen LogP contribution in [0.3, 0.4) is 0 Å². The van der Waals surface area contributed by atoms with Gasteiger partial charge in [0.2, 0.25) is 0 Å². The van der Waals surface area contributed by atoms with E-state index in [-0.39, 0.29) is 23.5 Å². The maximum Gasteiger partial charge on any atom is 0.276 e. The Hall–Kier alpha value is -4.52. The van der Waals surface area contributed by atoms with Crippen LogP contribution in [0.1, 0.15) is 48.1 Å². The van der Waals surface area contributed by atoms with E-state index in [9.17, 15) is 14.7 Å². The largest absolute Gasteiger partial charge is 0.392 e. The number of aliphatic hydroxyl groups excluding tert-OH is 1. The van der Waals surface area contributed by atoms with Gasteiger partial charge in [0, 0.05) is 70.0 Å². The summed E-state index contributed by atoms with van der Waals surface area (Å²) in [5.74, 6) is 0.763. The predicted octanol–water partition coefficient (Wildman–Crippen LogP) is 3.43. The lowest BCUT2D eigenvalue weighted by Gasteiger charge is -2.43. The lowest BCUT2D eigenvalue weighted by molar-refractivity contribution is -0.0660. The minimum Gasteiger partial charge on any atom is -0.392 e. The fraction of sp³-hybridized carbons (Fsp3) is 0.459. The summed E-state index contributed by atoms with van der Waals surface area (Å²) in [6.45, 7) is 16.4. The van der Waals surface area contributed by atoms with Gasteiger partial charge in [0.1, 0.15) is 23.0 Å². The molecule has 0 aromatic carbocycles. The third-order valence-electron chi connectivity index (χ3n) is 10.4. The second-order valence-corrected chi connectivity index (χ2v) is 14.3. The number of ether oxygens (including phenoxy) is 1. The summed E-state index contributed by atoms with van der Waals surface area (Å²) in [7, 11) is 1.69. The number of amidine groups is 1. The molecule has 6 heterocycles. The maximum absolute atomic E-state index is 13.9. The standard InChI is InChI=1S/C37H46N8O4/c1-6-38-34(45-14-13-44-31(36(45)48)16-25-17-37(3,4)18-32(25)44)29(21-46)24(2)26-15-30(35(47)41(5)20-26)40-33-8-7-27(19-39-33)42-9-11-43(12-10-42)28-22-49-23-28/h6-8,15-16,19-20,28,46H,1,9-14,17-18,21-23H2,2-5H3,(H,39,40)/b29-24+,38-34+. The molecule has 2 fully saturated rings. The SMILES string of the molecule is C=C/N=C(\C(CO)=C(/C)c1cc(Nc2ccc(N3CCN(C4COC4)CC3)cn2)c(=O)n(C)c1)N1CCn2c(cc3c2CC(C)(C)C3)C1=O. The first kappa shape index (κ1) is 33.0. The number of aryl methyl sites for hydroxylation is 1. The van der Waals surface area contributed by atoms with Crippen molar-refractivity contribution < 1.29 is 14.6 Å². The number of carbonyl (C=O) groups excluding carboxylic acids is 1. The van der Waals surface area contributed by atoms with Crippen LogP contribution in [0.15, 0.2) is 64.8 Å². The Morgan fingerprint density at radius 1 is 1.12 bits per heavy atom. The second kappa shape index (κ2) is 13.1. The number of amides is 1. The number of aromatic nitrogens is 3. The lowest BCUT2D eigenvalue weighted by atomic mass is 9.90. The van der Waals surface area contributed by atoms with Crippen molar-refractivity contribution in [2.45, 2.75) is 46.2 Å². The van der Waals surface area contributed by atoms with E-state index in [0.717, 1.165) is 57.9 Å². The van der Waals surface area contributed by atoms with Gasteiger partial charge in [-0.3, -0.25) is 19.4 Å². The Morgan fingerprint density at radius 2 is 1.90 bits per heavy atom.